The van der Waals surface area contributed by atoms with Gasteiger partial charge in [0.2, 0.25) is 0 Å². The van der Waals surface area contributed by atoms with E-state index in [1.807, 2.05) is 0 Å². The molecular formula is C14H18ClNS. The molecule has 0 radical (unpaired) electrons. The Labute approximate surface area is 113 Å². The van der Waals surface area contributed by atoms with Gasteiger partial charge in [0, 0.05) is 4.90 Å². The number of aryl methyl sites for hydroxylation is 1. The van der Waals surface area contributed by atoms with Crippen LogP contribution in [0.2, 0.25) is 0 Å². The van der Waals surface area contributed by atoms with Gasteiger partial charge in [-0.05, 0) is 31.9 Å². The number of thioether (sulfide) groups is 1. The predicted molar refractivity (Wildman–Crippen MR) is 77.2 cm³/mol. The standard InChI is InChI=1S/C14H18ClNS/c1-11-7-9-13(10-8-11)17-14(15)16-12-5-3-2-4-6-12/h7-10,12H,2-6H2,1H3. The molecule has 0 bridgehead atoms. The zero-order valence-electron chi connectivity index (χ0n) is 10.2. The van der Waals surface area contributed by atoms with Crippen LogP contribution >= 0.6 is 23.4 Å². The second-order valence-electron chi connectivity index (χ2n) is 4.59. The van der Waals surface area contributed by atoms with Crippen molar-refractivity contribution < 1.29 is 0 Å². The molecule has 0 N–H and O–H groups in total. The molecule has 1 aromatic rings. The van der Waals surface area contributed by atoms with E-state index >= 15 is 0 Å². The topological polar surface area (TPSA) is 12.4 Å². The molecule has 17 heavy (non-hydrogen) atoms. The first-order valence-electron chi connectivity index (χ1n) is 6.22. The summed E-state index contributed by atoms with van der Waals surface area (Å²) in [5.41, 5.74) is 1.27. The monoisotopic (exact) mass is 267 g/mol. The fraction of sp³-hybridized carbons (Fsp3) is 0.500. The second-order valence-corrected chi connectivity index (χ2v) is 6.23. The van der Waals surface area contributed by atoms with Crippen molar-refractivity contribution >= 4 is 27.9 Å². The summed E-state index contributed by atoms with van der Waals surface area (Å²) in [5.74, 6) is 0. The summed E-state index contributed by atoms with van der Waals surface area (Å²) in [7, 11) is 0. The van der Waals surface area contributed by atoms with E-state index in [2.05, 4.69) is 36.2 Å². The third kappa shape index (κ3) is 4.36. The maximum absolute atomic E-state index is 6.20. The van der Waals surface area contributed by atoms with Crippen molar-refractivity contribution in [3.05, 3.63) is 29.8 Å². The molecule has 1 fully saturated rings. The molecule has 3 heteroatoms. The molecule has 1 aromatic carbocycles. The van der Waals surface area contributed by atoms with Gasteiger partial charge >= 0.3 is 0 Å². The van der Waals surface area contributed by atoms with Crippen LogP contribution in [0.25, 0.3) is 0 Å². The van der Waals surface area contributed by atoms with Crippen LogP contribution < -0.4 is 0 Å². The molecular weight excluding hydrogens is 250 g/mol. The first kappa shape index (κ1) is 13.0. The lowest BCUT2D eigenvalue weighted by Crippen LogP contribution is -2.10. The van der Waals surface area contributed by atoms with Crippen LogP contribution in [0.15, 0.2) is 34.2 Å². The van der Waals surface area contributed by atoms with Crippen molar-refractivity contribution in [3.8, 4) is 0 Å². The van der Waals surface area contributed by atoms with Gasteiger partial charge in [0.25, 0.3) is 0 Å². The number of rotatable bonds is 2. The van der Waals surface area contributed by atoms with Gasteiger partial charge in [-0.25, -0.2) is 0 Å². The number of nitrogens with zero attached hydrogens (tertiary/aromatic N) is 1. The fourth-order valence-electron chi connectivity index (χ4n) is 2.08. The van der Waals surface area contributed by atoms with Crippen LogP contribution in [0.4, 0.5) is 0 Å². The van der Waals surface area contributed by atoms with E-state index in [0.717, 1.165) is 0 Å². The number of hydrogen-bond acceptors (Lipinski definition) is 2. The molecule has 0 aromatic heterocycles. The normalized spacial score (nSPS) is 18.4. The van der Waals surface area contributed by atoms with E-state index in [0.29, 0.717) is 10.5 Å². The van der Waals surface area contributed by atoms with Gasteiger partial charge in [-0.2, -0.15) is 0 Å². The highest BCUT2D eigenvalue weighted by atomic mass is 35.5. The minimum absolute atomic E-state index is 0.453. The average molecular weight is 268 g/mol. The molecule has 0 amide bonds. The number of hydrogen-bond donors (Lipinski definition) is 0. The summed E-state index contributed by atoms with van der Waals surface area (Å²) >= 11 is 7.76. The Morgan fingerprint density at radius 2 is 1.82 bits per heavy atom. The van der Waals surface area contributed by atoms with Crippen molar-refractivity contribution in [1.29, 1.82) is 0 Å². The molecule has 0 unspecified atom stereocenters. The molecule has 0 heterocycles. The minimum atomic E-state index is 0.453. The molecule has 2 rings (SSSR count). The molecule has 0 atom stereocenters. The Kier molecular flexibility index (Phi) is 4.93. The van der Waals surface area contributed by atoms with Crippen LogP contribution in [0, 0.1) is 6.92 Å². The van der Waals surface area contributed by atoms with E-state index in [1.54, 1.807) is 11.8 Å². The Morgan fingerprint density at radius 3 is 2.47 bits per heavy atom. The van der Waals surface area contributed by atoms with Gasteiger partial charge < -0.3 is 0 Å². The van der Waals surface area contributed by atoms with Crippen LogP contribution in [0.5, 0.6) is 0 Å². The summed E-state index contributed by atoms with van der Waals surface area (Å²) in [4.78, 5) is 5.77. The summed E-state index contributed by atoms with van der Waals surface area (Å²) in [6.45, 7) is 2.09. The van der Waals surface area contributed by atoms with Crippen molar-refractivity contribution in [2.75, 3.05) is 0 Å². The van der Waals surface area contributed by atoms with Crippen molar-refractivity contribution in [1.82, 2.24) is 0 Å². The lowest BCUT2D eigenvalue weighted by molar-refractivity contribution is 0.444. The van der Waals surface area contributed by atoms with E-state index in [9.17, 15) is 0 Å². The Hall–Kier alpha value is -0.470. The highest BCUT2D eigenvalue weighted by Crippen LogP contribution is 2.26. The lowest BCUT2D eigenvalue weighted by Gasteiger charge is -2.17. The SMILES string of the molecule is Cc1ccc(SC(Cl)=NC2CCCCC2)cc1. The number of halogens is 1. The Balaban J connectivity index is 1.93. The molecule has 0 aliphatic heterocycles. The minimum Gasteiger partial charge on any atom is -0.264 e. The van der Waals surface area contributed by atoms with Crippen molar-refractivity contribution in [2.45, 2.75) is 50.0 Å². The zero-order chi connectivity index (χ0) is 12.1. The molecule has 1 aliphatic rings. The highest BCUT2D eigenvalue weighted by Gasteiger charge is 2.12. The molecule has 1 saturated carbocycles. The van der Waals surface area contributed by atoms with Crippen LogP contribution in [-0.4, -0.2) is 10.5 Å². The Morgan fingerprint density at radius 1 is 1.18 bits per heavy atom. The Bertz CT molecular complexity index is 380. The predicted octanol–water partition coefficient (Wildman–Crippen LogP) is 5.01. The molecule has 92 valence electrons. The quantitative estimate of drug-likeness (QED) is 0.417. The lowest BCUT2D eigenvalue weighted by atomic mass is 9.96. The number of aliphatic imine (C=N–C) groups is 1. The summed E-state index contributed by atoms with van der Waals surface area (Å²) < 4.78 is 0.681. The van der Waals surface area contributed by atoms with E-state index in [-0.39, 0.29) is 0 Å². The molecule has 0 spiro atoms. The van der Waals surface area contributed by atoms with Gasteiger partial charge in [0.15, 0.2) is 4.50 Å². The first-order valence-corrected chi connectivity index (χ1v) is 7.41. The van der Waals surface area contributed by atoms with Gasteiger partial charge in [-0.3, -0.25) is 4.99 Å². The largest absolute Gasteiger partial charge is 0.264 e. The fourth-order valence-corrected chi connectivity index (χ4v) is 3.16. The maximum atomic E-state index is 6.20. The molecule has 0 saturated heterocycles. The van der Waals surface area contributed by atoms with Crippen LogP contribution in [0.1, 0.15) is 37.7 Å². The maximum Gasteiger partial charge on any atom is 0.163 e. The van der Waals surface area contributed by atoms with Gasteiger partial charge in [0.1, 0.15) is 0 Å². The highest BCUT2D eigenvalue weighted by molar-refractivity contribution is 8.16. The third-order valence-electron chi connectivity index (χ3n) is 3.08. The van der Waals surface area contributed by atoms with E-state index in [4.69, 9.17) is 11.6 Å². The van der Waals surface area contributed by atoms with Crippen LogP contribution in [0.3, 0.4) is 0 Å². The molecule has 1 nitrogen and oxygen atoms in total. The van der Waals surface area contributed by atoms with E-state index < -0.39 is 0 Å². The van der Waals surface area contributed by atoms with Crippen molar-refractivity contribution in [2.24, 2.45) is 4.99 Å². The summed E-state index contributed by atoms with van der Waals surface area (Å²) in [6, 6.07) is 8.85. The van der Waals surface area contributed by atoms with Crippen LogP contribution in [-0.2, 0) is 0 Å². The average Bonchev–Trinajstić information content (AvgIpc) is 2.33. The summed E-state index contributed by atoms with van der Waals surface area (Å²) in [5, 5.41) is 0. The zero-order valence-corrected chi connectivity index (χ0v) is 11.7. The number of benzene rings is 1. The van der Waals surface area contributed by atoms with Gasteiger partial charge in [0.05, 0.1) is 6.04 Å². The van der Waals surface area contributed by atoms with E-state index in [1.165, 1.54) is 42.6 Å². The third-order valence-corrected chi connectivity index (χ3v) is 4.19. The van der Waals surface area contributed by atoms with Gasteiger partial charge in [-0.1, -0.05) is 60.3 Å². The van der Waals surface area contributed by atoms with Crippen molar-refractivity contribution in [3.63, 3.8) is 0 Å². The smallest absolute Gasteiger partial charge is 0.163 e. The van der Waals surface area contributed by atoms with Gasteiger partial charge in [-0.15, -0.1) is 0 Å². The summed E-state index contributed by atoms with van der Waals surface area (Å²) in [6.07, 6.45) is 6.35. The first-order chi connectivity index (χ1) is 8.24. The molecule has 1 aliphatic carbocycles. The second kappa shape index (κ2) is 6.46.